The Hall–Kier alpha value is -0.340. The summed E-state index contributed by atoms with van der Waals surface area (Å²) in [7, 11) is 0. The highest BCUT2D eigenvalue weighted by molar-refractivity contribution is 7.28. The Morgan fingerprint density at radius 3 is 2.46 bits per heavy atom. The van der Waals surface area contributed by atoms with Crippen molar-refractivity contribution < 1.29 is 0 Å². The largest absolute Gasteiger partial charge is 0.139 e. The third-order valence-corrected chi connectivity index (χ3v) is 4.57. The van der Waals surface area contributed by atoms with Crippen LogP contribution in [0.1, 0.15) is 35.1 Å². The maximum Gasteiger partial charge on any atom is 0.0490 e. The lowest BCUT2D eigenvalue weighted by Crippen LogP contribution is -1.85. The Bertz CT molecular complexity index is 432. The molecule has 0 aliphatic carbocycles. The number of hydrogen-bond donors (Lipinski definition) is 0. The van der Waals surface area contributed by atoms with E-state index in [2.05, 4.69) is 33.8 Å². The van der Waals surface area contributed by atoms with Gasteiger partial charge in [-0.3, -0.25) is 0 Å². The summed E-state index contributed by atoms with van der Waals surface area (Å²) < 4.78 is 3.00. The van der Waals surface area contributed by atoms with E-state index in [-0.39, 0.29) is 0 Å². The lowest BCUT2D eigenvalue weighted by Gasteiger charge is -2.02. The highest BCUT2D eigenvalue weighted by Crippen LogP contribution is 2.40. The van der Waals surface area contributed by atoms with Gasteiger partial charge in [0.25, 0.3) is 0 Å². The number of aryl methyl sites for hydroxylation is 2. The van der Waals surface area contributed by atoms with E-state index in [1.54, 1.807) is 5.56 Å². The van der Waals surface area contributed by atoms with Gasteiger partial charge < -0.3 is 0 Å². The molecule has 0 radical (unpaired) electrons. The highest BCUT2D eigenvalue weighted by Gasteiger charge is 2.13. The van der Waals surface area contributed by atoms with Crippen molar-refractivity contribution in [2.75, 3.05) is 0 Å². The number of rotatable bonds is 1. The predicted octanol–water partition coefficient (Wildman–Crippen LogP) is 4.70. The molecule has 0 N–H and O–H groups in total. The third kappa shape index (κ3) is 1.42. The standard InChI is InChI=1S/C11H14S2/c1-6(2)10-8(4)13-9-5-7(3)12-11(9)10/h5-6H,1-4H3. The first-order valence-corrected chi connectivity index (χ1v) is 6.22. The minimum absolute atomic E-state index is 0.659. The van der Waals surface area contributed by atoms with Crippen LogP contribution in [0.4, 0.5) is 0 Å². The van der Waals surface area contributed by atoms with Crippen LogP contribution in [-0.2, 0) is 0 Å². The van der Waals surface area contributed by atoms with Crippen LogP contribution in [0, 0.1) is 13.8 Å². The van der Waals surface area contributed by atoms with Gasteiger partial charge in [-0.2, -0.15) is 0 Å². The summed E-state index contributed by atoms with van der Waals surface area (Å²) in [6.45, 7) is 8.99. The summed E-state index contributed by atoms with van der Waals surface area (Å²) in [5.74, 6) is 0.659. The zero-order valence-electron chi connectivity index (χ0n) is 8.47. The highest BCUT2D eigenvalue weighted by atomic mass is 32.1. The number of thiophene rings is 2. The van der Waals surface area contributed by atoms with Crippen molar-refractivity contribution in [3.63, 3.8) is 0 Å². The first-order valence-electron chi connectivity index (χ1n) is 4.59. The van der Waals surface area contributed by atoms with Gasteiger partial charge in [0.15, 0.2) is 0 Å². The average Bonchev–Trinajstić information content (AvgIpc) is 2.41. The molecule has 0 nitrogen and oxygen atoms in total. The van der Waals surface area contributed by atoms with Crippen LogP contribution in [0.25, 0.3) is 9.40 Å². The molecule has 0 aliphatic rings. The molecule has 2 heteroatoms. The first kappa shape index (κ1) is 9.22. The molecule has 0 amide bonds. The lowest BCUT2D eigenvalue weighted by atomic mass is 10.0. The monoisotopic (exact) mass is 210 g/mol. The van der Waals surface area contributed by atoms with Gasteiger partial charge in [0.1, 0.15) is 0 Å². The zero-order chi connectivity index (χ0) is 9.59. The van der Waals surface area contributed by atoms with Crippen molar-refractivity contribution in [1.29, 1.82) is 0 Å². The zero-order valence-corrected chi connectivity index (χ0v) is 10.1. The van der Waals surface area contributed by atoms with Gasteiger partial charge >= 0.3 is 0 Å². The molecule has 13 heavy (non-hydrogen) atoms. The van der Waals surface area contributed by atoms with Crippen LogP contribution in [0.2, 0.25) is 0 Å². The van der Waals surface area contributed by atoms with Crippen molar-refractivity contribution >= 4 is 32.1 Å². The van der Waals surface area contributed by atoms with E-state index in [0.29, 0.717) is 5.92 Å². The van der Waals surface area contributed by atoms with E-state index < -0.39 is 0 Å². The van der Waals surface area contributed by atoms with Gasteiger partial charge in [0.2, 0.25) is 0 Å². The summed E-state index contributed by atoms with van der Waals surface area (Å²) >= 11 is 3.88. The molecule has 0 aromatic carbocycles. The van der Waals surface area contributed by atoms with Crippen molar-refractivity contribution in [3.05, 3.63) is 21.4 Å². The third-order valence-electron chi connectivity index (χ3n) is 2.29. The van der Waals surface area contributed by atoms with Crippen LogP contribution in [-0.4, -0.2) is 0 Å². The summed E-state index contributed by atoms with van der Waals surface area (Å²) in [5, 5.41) is 0. The molecule has 0 bridgehead atoms. The minimum atomic E-state index is 0.659. The van der Waals surface area contributed by atoms with Crippen LogP contribution in [0.15, 0.2) is 6.07 Å². The summed E-state index contributed by atoms with van der Waals surface area (Å²) in [5.41, 5.74) is 1.57. The molecule has 2 aromatic rings. The summed E-state index contributed by atoms with van der Waals surface area (Å²) in [6.07, 6.45) is 0. The topological polar surface area (TPSA) is 0 Å². The summed E-state index contributed by atoms with van der Waals surface area (Å²) in [4.78, 5) is 2.93. The first-order chi connectivity index (χ1) is 6.09. The van der Waals surface area contributed by atoms with E-state index in [0.717, 1.165) is 0 Å². The van der Waals surface area contributed by atoms with Crippen molar-refractivity contribution in [2.24, 2.45) is 0 Å². The van der Waals surface area contributed by atoms with Crippen LogP contribution < -0.4 is 0 Å². The Balaban J connectivity index is 2.75. The van der Waals surface area contributed by atoms with Crippen LogP contribution in [0.3, 0.4) is 0 Å². The Labute approximate surface area is 87.2 Å². The van der Waals surface area contributed by atoms with Gasteiger partial charge in [-0.25, -0.2) is 0 Å². The van der Waals surface area contributed by atoms with Crippen molar-refractivity contribution in [3.8, 4) is 0 Å². The normalized spacial score (nSPS) is 11.8. The van der Waals surface area contributed by atoms with Gasteiger partial charge in [-0.15, -0.1) is 22.7 Å². The maximum atomic E-state index is 2.31. The number of fused-ring (bicyclic) bond motifs is 1. The molecule has 2 rings (SSSR count). The van der Waals surface area contributed by atoms with E-state index in [4.69, 9.17) is 0 Å². The molecule has 0 unspecified atom stereocenters. The molecule has 0 saturated carbocycles. The van der Waals surface area contributed by atoms with Crippen LogP contribution in [0.5, 0.6) is 0 Å². The number of hydrogen-bond acceptors (Lipinski definition) is 2. The van der Waals surface area contributed by atoms with Crippen molar-refractivity contribution in [2.45, 2.75) is 33.6 Å². The molecule has 0 aliphatic heterocycles. The van der Waals surface area contributed by atoms with Gasteiger partial charge in [0, 0.05) is 19.2 Å². The van der Waals surface area contributed by atoms with Crippen molar-refractivity contribution in [1.82, 2.24) is 0 Å². The SMILES string of the molecule is Cc1cc2sc(C)c(C(C)C)c2s1. The Morgan fingerprint density at radius 2 is 1.85 bits per heavy atom. The summed E-state index contributed by atoms with van der Waals surface area (Å²) in [6, 6.07) is 2.31. The second kappa shape index (κ2) is 3.10. The van der Waals surface area contributed by atoms with E-state index >= 15 is 0 Å². The lowest BCUT2D eigenvalue weighted by molar-refractivity contribution is 0.874. The quantitative estimate of drug-likeness (QED) is 0.640. The van der Waals surface area contributed by atoms with Gasteiger partial charge in [0.05, 0.1) is 0 Å². The second-order valence-electron chi connectivity index (χ2n) is 3.78. The van der Waals surface area contributed by atoms with Gasteiger partial charge in [-0.05, 0) is 31.4 Å². The fourth-order valence-electron chi connectivity index (χ4n) is 1.80. The molecule has 0 saturated heterocycles. The molecule has 70 valence electrons. The average molecular weight is 210 g/mol. The van der Waals surface area contributed by atoms with Gasteiger partial charge in [-0.1, -0.05) is 13.8 Å². The molecule has 0 atom stereocenters. The molecule has 0 spiro atoms. The molecule has 0 fully saturated rings. The Morgan fingerprint density at radius 1 is 1.15 bits per heavy atom. The fraction of sp³-hybridized carbons (Fsp3) is 0.455. The second-order valence-corrected chi connectivity index (χ2v) is 6.29. The maximum absolute atomic E-state index is 2.31. The van der Waals surface area contributed by atoms with E-state index in [1.165, 1.54) is 19.2 Å². The predicted molar refractivity (Wildman–Crippen MR) is 63.3 cm³/mol. The smallest absolute Gasteiger partial charge is 0.0490 e. The van der Waals surface area contributed by atoms with Crippen LogP contribution >= 0.6 is 22.7 Å². The molecular formula is C11H14S2. The molecule has 2 heterocycles. The Kier molecular flexibility index (Phi) is 2.20. The minimum Gasteiger partial charge on any atom is -0.139 e. The van der Waals surface area contributed by atoms with E-state index in [9.17, 15) is 0 Å². The fourth-order valence-corrected chi connectivity index (χ4v) is 4.57. The molecular weight excluding hydrogens is 196 g/mol. The molecule has 2 aromatic heterocycles. The van der Waals surface area contributed by atoms with E-state index in [1.807, 2.05) is 22.7 Å².